The van der Waals surface area contributed by atoms with Crippen molar-refractivity contribution in [1.82, 2.24) is 10.3 Å². The highest BCUT2D eigenvalue weighted by Crippen LogP contribution is 2.34. The molecule has 2 aromatic carbocycles. The fourth-order valence-electron chi connectivity index (χ4n) is 3.34. The highest BCUT2D eigenvalue weighted by molar-refractivity contribution is 6.10. The van der Waals surface area contributed by atoms with Crippen LogP contribution in [0.15, 0.2) is 36.4 Å². The van der Waals surface area contributed by atoms with Crippen LogP contribution in [-0.2, 0) is 12.8 Å². The normalized spacial score (nSPS) is 13.9. The third kappa shape index (κ3) is 2.22. The summed E-state index contributed by atoms with van der Waals surface area (Å²) in [5.74, 6) is -0.606. The van der Waals surface area contributed by atoms with E-state index in [0.29, 0.717) is 17.6 Å². The zero-order chi connectivity index (χ0) is 16.0. The van der Waals surface area contributed by atoms with Crippen LogP contribution < -0.4 is 5.32 Å². The highest BCUT2D eigenvalue weighted by atomic mass is 19.1. The van der Waals surface area contributed by atoms with E-state index in [9.17, 15) is 9.18 Å². The van der Waals surface area contributed by atoms with E-state index in [0.717, 1.165) is 35.0 Å². The van der Waals surface area contributed by atoms with Gasteiger partial charge in [0.25, 0.3) is 5.91 Å². The van der Waals surface area contributed by atoms with Crippen molar-refractivity contribution in [2.75, 3.05) is 6.54 Å². The van der Waals surface area contributed by atoms with Gasteiger partial charge in [-0.1, -0.05) is 31.2 Å². The van der Waals surface area contributed by atoms with E-state index in [2.05, 4.69) is 41.5 Å². The van der Waals surface area contributed by atoms with E-state index in [1.807, 2.05) is 0 Å². The lowest BCUT2D eigenvalue weighted by molar-refractivity contribution is 0.0957. The first-order chi connectivity index (χ1) is 11.2. The summed E-state index contributed by atoms with van der Waals surface area (Å²) in [4.78, 5) is 15.5. The lowest BCUT2D eigenvalue weighted by Gasteiger charge is -2.05. The Hall–Kier alpha value is -2.62. The molecule has 116 valence electrons. The van der Waals surface area contributed by atoms with E-state index in [-0.39, 0.29) is 5.91 Å². The molecule has 0 unspecified atom stereocenters. The Balaban J connectivity index is 1.98. The van der Waals surface area contributed by atoms with E-state index in [4.69, 9.17) is 0 Å². The Bertz CT molecular complexity index is 909. The van der Waals surface area contributed by atoms with Crippen LogP contribution in [0.1, 0.15) is 28.4 Å². The zero-order valence-electron chi connectivity index (χ0n) is 12.9. The maximum atomic E-state index is 13.9. The lowest BCUT2D eigenvalue weighted by atomic mass is 9.99. The van der Waals surface area contributed by atoms with Gasteiger partial charge in [0.15, 0.2) is 0 Å². The summed E-state index contributed by atoms with van der Waals surface area (Å²) < 4.78 is 13.9. The number of benzene rings is 2. The van der Waals surface area contributed by atoms with Gasteiger partial charge in [-0.2, -0.15) is 0 Å². The zero-order valence-corrected chi connectivity index (χ0v) is 12.9. The summed E-state index contributed by atoms with van der Waals surface area (Å²) in [6.07, 6.45) is 1.73. The average molecular weight is 308 g/mol. The molecule has 0 radical (unpaired) electrons. The maximum absolute atomic E-state index is 13.9. The number of nitrogens with one attached hydrogen (secondary N) is 2. The van der Waals surface area contributed by atoms with Crippen molar-refractivity contribution >= 4 is 16.8 Å². The second-order valence-electron chi connectivity index (χ2n) is 5.91. The molecule has 0 aliphatic carbocycles. The van der Waals surface area contributed by atoms with Crippen LogP contribution in [0, 0.1) is 5.82 Å². The number of carbonyl (C=O) groups excluding carboxylic acids is 1. The van der Waals surface area contributed by atoms with Gasteiger partial charge < -0.3 is 10.3 Å². The van der Waals surface area contributed by atoms with Gasteiger partial charge in [0.1, 0.15) is 5.82 Å². The molecule has 1 aliphatic heterocycles. The van der Waals surface area contributed by atoms with E-state index < -0.39 is 5.82 Å². The van der Waals surface area contributed by atoms with Crippen LogP contribution in [0.3, 0.4) is 0 Å². The van der Waals surface area contributed by atoms with Crippen molar-refractivity contribution in [3.8, 4) is 11.3 Å². The first-order valence-corrected chi connectivity index (χ1v) is 7.89. The number of amides is 1. The molecule has 0 spiro atoms. The summed E-state index contributed by atoms with van der Waals surface area (Å²) in [6, 6.07) is 11.2. The minimum absolute atomic E-state index is 0.208. The summed E-state index contributed by atoms with van der Waals surface area (Å²) >= 11 is 0. The van der Waals surface area contributed by atoms with Crippen molar-refractivity contribution in [2.24, 2.45) is 0 Å². The monoisotopic (exact) mass is 308 g/mol. The number of aromatic amines is 1. The highest BCUT2D eigenvalue weighted by Gasteiger charge is 2.23. The summed E-state index contributed by atoms with van der Waals surface area (Å²) in [5, 5.41) is 3.69. The van der Waals surface area contributed by atoms with Gasteiger partial charge in [0, 0.05) is 23.1 Å². The maximum Gasteiger partial charge on any atom is 0.252 e. The van der Waals surface area contributed by atoms with Crippen LogP contribution in [0.4, 0.5) is 4.39 Å². The Labute approximate surface area is 133 Å². The SMILES string of the molecule is CCc1ccc(-c2[nH]c3cc(F)cc4c3c2CCNC4=O)cc1. The molecular formula is C19H17FN2O. The molecule has 2 heterocycles. The molecule has 2 N–H and O–H groups in total. The number of H-pyrrole nitrogens is 1. The van der Waals surface area contributed by atoms with Crippen molar-refractivity contribution < 1.29 is 9.18 Å². The molecule has 3 nitrogen and oxygen atoms in total. The van der Waals surface area contributed by atoms with E-state index in [1.165, 1.54) is 17.7 Å². The van der Waals surface area contributed by atoms with Crippen LogP contribution >= 0.6 is 0 Å². The van der Waals surface area contributed by atoms with Crippen molar-refractivity contribution in [2.45, 2.75) is 19.8 Å². The number of hydrogen-bond donors (Lipinski definition) is 2. The number of halogens is 1. The van der Waals surface area contributed by atoms with Crippen LogP contribution in [0.5, 0.6) is 0 Å². The van der Waals surface area contributed by atoms with Gasteiger partial charge in [0.05, 0.1) is 5.56 Å². The largest absolute Gasteiger partial charge is 0.354 e. The predicted molar refractivity (Wildman–Crippen MR) is 89.1 cm³/mol. The number of aryl methyl sites for hydroxylation is 1. The predicted octanol–water partition coefficient (Wildman–Crippen LogP) is 3.82. The van der Waals surface area contributed by atoms with Crippen LogP contribution in [0.25, 0.3) is 22.2 Å². The van der Waals surface area contributed by atoms with Gasteiger partial charge in [-0.15, -0.1) is 0 Å². The number of carbonyl (C=O) groups is 1. The third-order valence-corrected chi connectivity index (χ3v) is 4.52. The molecular weight excluding hydrogens is 291 g/mol. The molecule has 0 saturated carbocycles. The Morgan fingerprint density at radius 3 is 2.70 bits per heavy atom. The average Bonchev–Trinajstić information content (AvgIpc) is 2.83. The molecule has 1 aliphatic rings. The minimum Gasteiger partial charge on any atom is -0.354 e. The topological polar surface area (TPSA) is 44.9 Å². The standard InChI is InChI=1S/C19H17FN2O/c1-2-11-3-5-12(6-4-11)18-14-7-8-21-19(23)15-9-13(20)10-16(22-18)17(14)15/h3-6,9-10,22H,2,7-8H2,1H3,(H,21,23). The van der Waals surface area contributed by atoms with Crippen LogP contribution in [-0.4, -0.2) is 17.4 Å². The smallest absolute Gasteiger partial charge is 0.252 e. The molecule has 23 heavy (non-hydrogen) atoms. The van der Waals surface area contributed by atoms with Crippen molar-refractivity contribution in [3.05, 3.63) is 58.9 Å². The molecule has 4 heteroatoms. The number of rotatable bonds is 2. The first kappa shape index (κ1) is 14.0. The Morgan fingerprint density at radius 2 is 1.96 bits per heavy atom. The third-order valence-electron chi connectivity index (χ3n) is 4.52. The fourth-order valence-corrected chi connectivity index (χ4v) is 3.34. The summed E-state index contributed by atoms with van der Waals surface area (Å²) in [5.41, 5.74) is 5.50. The first-order valence-electron chi connectivity index (χ1n) is 7.89. The van der Waals surface area contributed by atoms with E-state index in [1.54, 1.807) is 0 Å². The van der Waals surface area contributed by atoms with Gasteiger partial charge in [-0.25, -0.2) is 4.39 Å². The van der Waals surface area contributed by atoms with E-state index >= 15 is 0 Å². The molecule has 4 rings (SSSR count). The molecule has 0 fully saturated rings. The number of hydrogen-bond acceptors (Lipinski definition) is 1. The Morgan fingerprint density at radius 1 is 1.17 bits per heavy atom. The van der Waals surface area contributed by atoms with Crippen LogP contribution in [0.2, 0.25) is 0 Å². The van der Waals surface area contributed by atoms with Crippen molar-refractivity contribution in [1.29, 1.82) is 0 Å². The summed E-state index contributed by atoms with van der Waals surface area (Å²) in [7, 11) is 0. The number of aromatic nitrogens is 1. The second-order valence-corrected chi connectivity index (χ2v) is 5.91. The van der Waals surface area contributed by atoms with Crippen molar-refractivity contribution in [3.63, 3.8) is 0 Å². The lowest BCUT2D eigenvalue weighted by Crippen LogP contribution is -2.23. The second kappa shape index (κ2) is 5.23. The fraction of sp³-hybridized carbons (Fsp3) is 0.211. The molecule has 0 bridgehead atoms. The van der Waals surface area contributed by atoms with Gasteiger partial charge in [-0.3, -0.25) is 4.79 Å². The molecule has 0 atom stereocenters. The minimum atomic E-state index is -0.398. The van der Waals surface area contributed by atoms with Gasteiger partial charge in [0.2, 0.25) is 0 Å². The molecule has 0 saturated heterocycles. The van der Waals surface area contributed by atoms with Gasteiger partial charge in [-0.05, 0) is 41.7 Å². The summed E-state index contributed by atoms with van der Waals surface area (Å²) in [6.45, 7) is 2.68. The Kier molecular flexibility index (Phi) is 3.18. The quantitative estimate of drug-likeness (QED) is 0.742. The molecule has 3 aromatic rings. The molecule has 1 amide bonds. The van der Waals surface area contributed by atoms with Gasteiger partial charge >= 0.3 is 0 Å². The molecule has 1 aromatic heterocycles.